The van der Waals surface area contributed by atoms with E-state index in [1.54, 1.807) is 33.9 Å². The number of aromatic nitrogens is 6. The molecule has 1 aliphatic heterocycles. The summed E-state index contributed by atoms with van der Waals surface area (Å²) in [7, 11) is 0. The lowest BCUT2D eigenvalue weighted by atomic mass is 10.2. The Balaban J connectivity index is 1.39. The van der Waals surface area contributed by atoms with E-state index in [4.69, 9.17) is 15.7 Å². The van der Waals surface area contributed by atoms with Crippen molar-refractivity contribution in [3.8, 4) is 11.6 Å². The SMILES string of the molecule is NC(=O)Cn1cnc2c(-n3ncc4ccccc43)nc(N3CCN(c4ccc(O)cc4)CC3)nc21. The molecule has 11 heteroatoms. The minimum absolute atomic E-state index is 0.0269. The fourth-order valence-corrected chi connectivity index (χ4v) is 4.46. The van der Waals surface area contributed by atoms with Crippen LogP contribution in [0.25, 0.3) is 27.9 Å². The number of primary amides is 1. The molecule has 4 heterocycles. The molecule has 3 N–H and O–H groups in total. The van der Waals surface area contributed by atoms with Crippen LogP contribution in [0.3, 0.4) is 0 Å². The van der Waals surface area contributed by atoms with Gasteiger partial charge in [0.1, 0.15) is 12.3 Å². The van der Waals surface area contributed by atoms with Gasteiger partial charge in [0.2, 0.25) is 11.9 Å². The van der Waals surface area contributed by atoms with Crippen molar-refractivity contribution in [3.05, 3.63) is 61.1 Å². The Morgan fingerprint density at radius 3 is 2.49 bits per heavy atom. The number of aromatic hydroxyl groups is 1. The van der Waals surface area contributed by atoms with Gasteiger partial charge in [-0.1, -0.05) is 18.2 Å². The number of rotatable bonds is 5. The van der Waals surface area contributed by atoms with Crippen LogP contribution in [0.5, 0.6) is 5.75 Å². The zero-order valence-corrected chi connectivity index (χ0v) is 18.8. The third kappa shape index (κ3) is 3.76. The summed E-state index contributed by atoms with van der Waals surface area (Å²) in [6.45, 7) is 2.92. The van der Waals surface area contributed by atoms with E-state index in [-0.39, 0.29) is 12.3 Å². The first-order valence-corrected chi connectivity index (χ1v) is 11.3. The minimum Gasteiger partial charge on any atom is -0.508 e. The molecule has 0 spiro atoms. The van der Waals surface area contributed by atoms with Crippen LogP contribution in [-0.2, 0) is 11.3 Å². The van der Waals surface area contributed by atoms with Gasteiger partial charge in [-0.15, -0.1) is 0 Å². The normalized spacial score (nSPS) is 14.2. The van der Waals surface area contributed by atoms with Gasteiger partial charge in [0, 0.05) is 37.3 Å². The quantitative estimate of drug-likeness (QED) is 0.398. The number of fused-ring (bicyclic) bond motifs is 2. The topological polar surface area (TPSA) is 131 Å². The number of benzene rings is 2. The maximum absolute atomic E-state index is 11.7. The highest BCUT2D eigenvalue weighted by molar-refractivity contribution is 5.86. The Labute approximate surface area is 200 Å². The molecule has 1 fully saturated rings. The molecule has 176 valence electrons. The Morgan fingerprint density at radius 1 is 0.971 bits per heavy atom. The van der Waals surface area contributed by atoms with E-state index in [9.17, 15) is 9.90 Å². The third-order valence-corrected chi connectivity index (χ3v) is 6.22. The van der Waals surface area contributed by atoms with Crippen molar-refractivity contribution in [2.24, 2.45) is 5.73 Å². The van der Waals surface area contributed by atoms with Gasteiger partial charge in [0.25, 0.3) is 0 Å². The lowest BCUT2D eigenvalue weighted by molar-refractivity contribution is -0.118. The predicted molar refractivity (Wildman–Crippen MR) is 132 cm³/mol. The summed E-state index contributed by atoms with van der Waals surface area (Å²) in [5.74, 6) is 0.873. The van der Waals surface area contributed by atoms with Crippen molar-refractivity contribution in [2.45, 2.75) is 6.54 Å². The van der Waals surface area contributed by atoms with Crippen LogP contribution in [-0.4, -0.2) is 66.5 Å². The standard InChI is InChI=1S/C24H23N9O2/c25-20(35)14-32-15-26-21-22(32)28-24(29-23(21)33-19-4-2-1-3-16(19)13-27-33)31-11-9-30(10-12-31)17-5-7-18(34)8-6-17/h1-8,13,15,34H,9-12,14H2,(H2,25,35). The lowest BCUT2D eigenvalue weighted by Crippen LogP contribution is -2.47. The molecule has 0 bridgehead atoms. The Hall–Kier alpha value is -4.67. The highest BCUT2D eigenvalue weighted by Crippen LogP contribution is 2.26. The van der Waals surface area contributed by atoms with E-state index >= 15 is 0 Å². The Kier molecular flexibility index (Phi) is 4.94. The molecule has 0 aliphatic carbocycles. The summed E-state index contributed by atoms with van der Waals surface area (Å²) in [5, 5.41) is 15.1. The summed E-state index contributed by atoms with van der Waals surface area (Å²) in [5.41, 5.74) is 8.50. The number of imidazole rings is 1. The molecule has 6 rings (SSSR count). The second-order valence-corrected chi connectivity index (χ2v) is 8.46. The zero-order chi connectivity index (χ0) is 23.9. The maximum Gasteiger partial charge on any atom is 0.237 e. The number of amides is 1. The van der Waals surface area contributed by atoms with Crippen molar-refractivity contribution in [2.75, 3.05) is 36.0 Å². The van der Waals surface area contributed by atoms with Gasteiger partial charge < -0.3 is 25.2 Å². The first kappa shape index (κ1) is 20.9. The van der Waals surface area contributed by atoms with E-state index in [2.05, 4.69) is 19.9 Å². The number of carbonyl (C=O) groups excluding carboxylic acids is 1. The van der Waals surface area contributed by atoms with Gasteiger partial charge >= 0.3 is 0 Å². The molecule has 11 nitrogen and oxygen atoms in total. The molecule has 0 saturated carbocycles. The van der Waals surface area contributed by atoms with Gasteiger partial charge in [-0.25, -0.2) is 9.67 Å². The number of hydrogen-bond donors (Lipinski definition) is 2. The zero-order valence-electron chi connectivity index (χ0n) is 18.8. The number of phenols is 1. The summed E-state index contributed by atoms with van der Waals surface area (Å²) in [6.07, 6.45) is 3.35. The van der Waals surface area contributed by atoms with E-state index < -0.39 is 5.91 Å². The molecule has 3 aromatic heterocycles. The molecule has 2 aromatic carbocycles. The molecule has 1 aliphatic rings. The van der Waals surface area contributed by atoms with Crippen molar-refractivity contribution in [3.63, 3.8) is 0 Å². The van der Waals surface area contributed by atoms with Crippen molar-refractivity contribution in [1.29, 1.82) is 0 Å². The van der Waals surface area contributed by atoms with Crippen LogP contribution in [0.15, 0.2) is 61.1 Å². The van der Waals surface area contributed by atoms with Crippen LogP contribution in [0.2, 0.25) is 0 Å². The van der Waals surface area contributed by atoms with Crippen LogP contribution < -0.4 is 15.5 Å². The number of nitrogens with zero attached hydrogens (tertiary/aromatic N) is 8. The van der Waals surface area contributed by atoms with Gasteiger partial charge in [-0.2, -0.15) is 15.1 Å². The van der Waals surface area contributed by atoms with Gasteiger partial charge in [0.15, 0.2) is 17.0 Å². The average Bonchev–Trinajstić information content (AvgIpc) is 3.48. The molecule has 0 radical (unpaired) electrons. The van der Waals surface area contributed by atoms with Gasteiger partial charge in [-0.05, 0) is 30.3 Å². The van der Waals surface area contributed by atoms with Crippen molar-refractivity contribution < 1.29 is 9.90 Å². The fraction of sp³-hybridized carbons (Fsp3) is 0.208. The average molecular weight is 470 g/mol. The van der Waals surface area contributed by atoms with Crippen LogP contribution in [0, 0.1) is 0 Å². The monoisotopic (exact) mass is 469 g/mol. The van der Waals surface area contributed by atoms with E-state index in [1.165, 1.54) is 0 Å². The summed E-state index contributed by atoms with van der Waals surface area (Å²) in [6, 6.07) is 15.1. The second-order valence-electron chi connectivity index (χ2n) is 8.46. The molecule has 1 amide bonds. The summed E-state index contributed by atoms with van der Waals surface area (Å²) in [4.78, 5) is 30.2. The number of hydrogen-bond acceptors (Lipinski definition) is 8. The molecular formula is C24H23N9O2. The molecular weight excluding hydrogens is 446 g/mol. The maximum atomic E-state index is 11.7. The van der Waals surface area contributed by atoms with Crippen LogP contribution in [0.1, 0.15) is 0 Å². The molecule has 35 heavy (non-hydrogen) atoms. The van der Waals surface area contributed by atoms with E-state index in [0.29, 0.717) is 36.0 Å². The van der Waals surface area contributed by atoms with Gasteiger partial charge in [0.05, 0.1) is 18.0 Å². The molecule has 5 aromatic rings. The smallest absolute Gasteiger partial charge is 0.237 e. The number of piperazine rings is 1. The van der Waals surface area contributed by atoms with E-state index in [0.717, 1.165) is 29.7 Å². The van der Waals surface area contributed by atoms with Crippen molar-refractivity contribution in [1.82, 2.24) is 29.3 Å². The highest BCUT2D eigenvalue weighted by Gasteiger charge is 2.24. The fourth-order valence-electron chi connectivity index (χ4n) is 4.46. The third-order valence-electron chi connectivity index (χ3n) is 6.22. The van der Waals surface area contributed by atoms with E-state index in [1.807, 2.05) is 36.4 Å². The molecule has 1 saturated heterocycles. The number of para-hydroxylation sites is 1. The summed E-state index contributed by atoms with van der Waals surface area (Å²) < 4.78 is 3.40. The van der Waals surface area contributed by atoms with Crippen LogP contribution >= 0.6 is 0 Å². The second kappa shape index (κ2) is 8.28. The largest absolute Gasteiger partial charge is 0.508 e. The Morgan fingerprint density at radius 2 is 1.71 bits per heavy atom. The first-order valence-electron chi connectivity index (χ1n) is 11.3. The predicted octanol–water partition coefficient (Wildman–Crippen LogP) is 1.68. The first-order chi connectivity index (χ1) is 17.1. The number of carbonyl (C=O) groups is 1. The van der Waals surface area contributed by atoms with Gasteiger partial charge in [-0.3, -0.25) is 4.79 Å². The summed E-state index contributed by atoms with van der Waals surface area (Å²) >= 11 is 0. The lowest BCUT2D eigenvalue weighted by Gasteiger charge is -2.36. The highest BCUT2D eigenvalue weighted by atomic mass is 16.3. The number of anilines is 2. The van der Waals surface area contributed by atoms with Crippen LogP contribution in [0.4, 0.5) is 11.6 Å². The Bertz CT molecular complexity index is 1530. The minimum atomic E-state index is -0.474. The molecule has 0 unspecified atom stereocenters. The number of phenolic OH excluding ortho intramolecular Hbond substituents is 1. The van der Waals surface area contributed by atoms with Crippen molar-refractivity contribution >= 4 is 39.6 Å². The number of nitrogens with two attached hydrogens (primary N) is 1. The molecule has 0 atom stereocenters.